The van der Waals surface area contributed by atoms with Crippen LogP contribution in [0.4, 0.5) is 4.79 Å². The smallest absolute Gasteiger partial charge is 0.329 e. The number of carboxylic acids is 1. The summed E-state index contributed by atoms with van der Waals surface area (Å²) in [6.45, 7) is 5.44. The average Bonchev–Trinajstić information content (AvgIpc) is 3.04. The molecule has 1 aliphatic carbocycles. The molecule has 2 N–H and O–H groups in total. The van der Waals surface area contributed by atoms with Crippen molar-refractivity contribution in [3.63, 3.8) is 0 Å². The van der Waals surface area contributed by atoms with Crippen LogP contribution in [0.5, 0.6) is 0 Å². The summed E-state index contributed by atoms with van der Waals surface area (Å²) in [4.78, 5) is 25.7. The summed E-state index contributed by atoms with van der Waals surface area (Å²) in [5, 5.41) is 12.6. The summed E-state index contributed by atoms with van der Waals surface area (Å²) >= 11 is 0. The zero-order valence-electron chi connectivity index (χ0n) is 13.2. The first-order chi connectivity index (χ1) is 10.0. The van der Waals surface area contributed by atoms with Crippen molar-refractivity contribution in [3.8, 4) is 0 Å². The van der Waals surface area contributed by atoms with Crippen molar-refractivity contribution in [2.75, 3.05) is 13.1 Å². The zero-order valence-corrected chi connectivity index (χ0v) is 13.2. The number of amides is 2. The molecule has 1 saturated carbocycles. The Balaban J connectivity index is 1.98. The van der Waals surface area contributed by atoms with Gasteiger partial charge in [-0.25, -0.2) is 9.59 Å². The van der Waals surface area contributed by atoms with Crippen molar-refractivity contribution in [2.45, 2.75) is 64.3 Å². The standard InChI is InChI=1S/C16H28N2O3/c1-3-8-16(14(19)20)9-5-10-18(16)15(21)17-11-13-7-4-6-12(13)2/h12-13H,3-11H2,1-2H3,(H,17,21)(H,19,20). The zero-order chi connectivity index (χ0) is 15.5. The molecule has 0 radical (unpaired) electrons. The molecule has 2 amide bonds. The lowest BCUT2D eigenvalue weighted by atomic mass is 9.91. The highest BCUT2D eigenvalue weighted by molar-refractivity contribution is 5.87. The van der Waals surface area contributed by atoms with Gasteiger partial charge in [-0.05, 0) is 37.5 Å². The van der Waals surface area contributed by atoms with Gasteiger partial charge in [0.15, 0.2) is 0 Å². The van der Waals surface area contributed by atoms with Crippen LogP contribution in [0.25, 0.3) is 0 Å². The number of urea groups is 1. The number of aliphatic carboxylic acids is 1. The van der Waals surface area contributed by atoms with Gasteiger partial charge in [-0.3, -0.25) is 0 Å². The van der Waals surface area contributed by atoms with Crippen molar-refractivity contribution in [3.05, 3.63) is 0 Å². The van der Waals surface area contributed by atoms with Crippen LogP contribution in [-0.4, -0.2) is 40.6 Å². The Kier molecular flexibility index (Phi) is 5.12. The van der Waals surface area contributed by atoms with E-state index in [0.717, 1.165) is 12.8 Å². The number of hydrogen-bond acceptors (Lipinski definition) is 2. The van der Waals surface area contributed by atoms with Gasteiger partial charge in [-0.2, -0.15) is 0 Å². The molecule has 0 bridgehead atoms. The molecule has 0 aromatic rings. The molecule has 3 atom stereocenters. The van der Waals surface area contributed by atoms with E-state index in [4.69, 9.17) is 0 Å². The van der Waals surface area contributed by atoms with Gasteiger partial charge in [-0.1, -0.05) is 33.1 Å². The van der Waals surface area contributed by atoms with Crippen LogP contribution in [0.1, 0.15) is 58.8 Å². The molecule has 1 aliphatic heterocycles. The van der Waals surface area contributed by atoms with Crippen molar-refractivity contribution < 1.29 is 14.7 Å². The van der Waals surface area contributed by atoms with Gasteiger partial charge in [0.25, 0.3) is 0 Å². The van der Waals surface area contributed by atoms with Gasteiger partial charge in [0, 0.05) is 13.1 Å². The predicted molar refractivity (Wildman–Crippen MR) is 81.1 cm³/mol. The number of rotatable bonds is 5. The fraction of sp³-hybridized carbons (Fsp3) is 0.875. The van der Waals surface area contributed by atoms with Crippen LogP contribution in [0.15, 0.2) is 0 Å². The third-order valence-corrected chi connectivity index (χ3v) is 5.35. The third kappa shape index (κ3) is 3.16. The molecule has 5 heteroatoms. The summed E-state index contributed by atoms with van der Waals surface area (Å²) in [5.74, 6) is 0.344. The number of carboxylic acid groups (broad SMARTS) is 1. The summed E-state index contributed by atoms with van der Waals surface area (Å²) < 4.78 is 0. The molecule has 120 valence electrons. The lowest BCUT2D eigenvalue weighted by Crippen LogP contribution is -2.56. The number of hydrogen-bond donors (Lipinski definition) is 2. The van der Waals surface area contributed by atoms with Gasteiger partial charge in [0.2, 0.25) is 0 Å². The lowest BCUT2D eigenvalue weighted by molar-refractivity contribution is -0.148. The Morgan fingerprint density at radius 3 is 2.67 bits per heavy atom. The second-order valence-electron chi connectivity index (χ2n) is 6.70. The van der Waals surface area contributed by atoms with Crippen LogP contribution in [0.2, 0.25) is 0 Å². The SMILES string of the molecule is CCCC1(C(=O)O)CCCN1C(=O)NCC1CCCC1C. The van der Waals surface area contributed by atoms with Crippen LogP contribution in [0.3, 0.4) is 0 Å². The molecule has 2 aliphatic rings. The second kappa shape index (κ2) is 6.67. The van der Waals surface area contributed by atoms with E-state index in [1.165, 1.54) is 19.3 Å². The fourth-order valence-electron chi connectivity index (χ4n) is 4.02. The third-order valence-electron chi connectivity index (χ3n) is 5.35. The minimum absolute atomic E-state index is 0.192. The Bertz CT molecular complexity index is 399. The summed E-state index contributed by atoms with van der Waals surface area (Å²) in [7, 11) is 0. The van der Waals surface area contributed by atoms with Gasteiger partial charge in [0.1, 0.15) is 5.54 Å². The molecule has 2 rings (SSSR count). The monoisotopic (exact) mass is 296 g/mol. The van der Waals surface area contributed by atoms with Crippen LogP contribution in [-0.2, 0) is 4.79 Å². The fourth-order valence-corrected chi connectivity index (χ4v) is 4.02. The van der Waals surface area contributed by atoms with E-state index in [1.807, 2.05) is 6.92 Å². The largest absolute Gasteiger partial charge is 0.479 e. The van der Waals surface area contributed by atoms with Gasteiger partial charge in [0.05, 0.1) is 0 Å². The Morgan fingerprint density at radius 1 is 1.33 bits per heavy atom. The van der Waals surface area contributed by atoms with E-state index in [2.05, 4.69) is 12.2 Å². The first-order valence-corrected chi connectivity index (χ1v) is 8.30. The van der Waals surface area contributed by atoms with Crippen molar-refractivity contribution in [1.82, 2.24) is 10.2 Å². The molecule has 0 spiro atoms. The van der Waals surface area contributed by atoms with Crippen molar-refractivity contribution in [1.29, 1.82) is 0 Å². The maximum Gasteiger partial charge on any atom is 0.329 e. The van der Waals surface area contributed by atoms with Crippen LogP contribution >= 0.6 is 0 Å². The second-order valence-corrected chi connectivity index (χ2v) is 6.70. The molecular formula is C16H28N2O3. The number of carbonyl (C=O) groups is 2. The molecule has 21 heavy (non-hydrogen) atoms. The van der Waals surface area contributed by atoms with E-state index >= 15 is 0 Å². The average molecular weight is 296 g/mol. The predicted octanol–water partition coefficient (Wildman–Crippen LogP) is 2.85. The van der Waals surface area contributed by atoms with Gasteiger partial charge >= 0.3 is 12.0 Å². The number of likely N-dealkylation sites (tertiary alicyclic amines) is 1. The van der Waals surface area contributed by atoms with E-state index in [-0.39, 0.29) is 6.03 Å². The van der Waals surface area contributed by atoms with Crippen LogP contribution < -0.4 is 5.32 Å². The van der Waals surface area contributed by atoms with Crippen molar-refractivity contribution >= 4 is 12.0 Å². The molecular weight excluding hydrogens is 268 g/mol. The quantitative estimate of drug-likeness (QED) is 0.819. The van der Waals surface area contributed by atoms with Gasteiger partial charge in [-0.15, -0.1) is 0 Å². The highest BCUT2D eigenvalue weighted by Gasteiger charge is 2.49. The first-order valence-electron chi connectivity index (χ1n) is 8.30. The van der Waals surface area contributed by atoms with E-state index in [1.54, 1.807) is 4.90 Å². The van der Waals surface area contributed by atoms with Crippen molar-refractivity contribution in [2.24, 2.45) is 11.8 Å². The Labute approximate surface area is 127 Å². The molecule has 0 aromatic carbocycles. The maximum absolute atomic E-state index is 12.5. The van der Waals surface area contributed by atoms with Gasteiger partial charge < -0.3 is 15.3 Å². The molecule has 1 saturated heterocycles. The normalized spacial score (nSPS) is 32.4. The minimum atomic E-state index is -0.986. The number of nitrogens with one attached hydrogen (secondary N) is 1. The topological polar surface area (TPSA) is 69.6 Å². The molecule has 1 heterocycles. The van der Waals surface area contributed by atoms with E-state index in [9.17, 15) is 14.7 Å². The van der Waals surface area contributed by atoms with E-state index in [0.29, 0.717) is 37.8 Å². The first kappa shape index (κ1) is 16.1. The molecule has 5 nitrogen and oxygen atoms in total. The maximum atomic E-state index is 12.5. The van der Waals surface area contributed by atoms with Crippen LogP contribution in [0, 0.1) is 11.8 Å². The number of carbonyl (C=O) groups excluding carboxylic acids is 1. The van der Waals surface area contributed by atoms with E-state index < -0.39 is 11.5 Å². The summed E-state index contributed by atoms with van der Waals surface area (Å²) in [5.41, 5.74) is -0.986. The molecule has 0 aromatic heterocycles. The number of nitrogens with zero attached hydrogens (tertiary/aromatic N) is 1. The lowest BCUT2D eigenvalue weighted by Gasteiger charge is -2.35. The Morgan fingerprint density at radius 2 is 2.10 bits per heavy atom. The summed E-state index contributed by atoms with van der Waals surface area (Å²) in [6, 6.07) is -0.192. The Hall–Kier alpha value is -1.26. The summed E-state index contributed by atoms with van der Waals surface area (Å²) in [6.07, 6.45) is 6.30. The highest BCUT2D eigenvalue weighted by atomic mass is 16.4. The molecule has 3 unspecified atom stereocenters. The molecule has 2 fully saturated rings. The highest BCUT2D eigenvalue weighted by Crippen LogP contribution is 2.34. The minimum Gasteiger partial charge on any atom is -0.479 e.